The normalized spacial score (nSPS) is 12.0. The van der Waals surface area contributed by atoms with Gasteiger partial charge >= 0.3 is 0 Å². The Morgan fingerprint density at radius 2 is 1.33 bits per heavy atom. The second-order valence-electron chi connectivity index (χ2n) is 5.63. The molecule has 0 amide bonds. The number of hydrogen-bond donors (Lipinski definition) is 0. The summed E-state index contributed by atoms with van der Waals surface area (Å²) < 4.78 is 4.47. The number of pyridine rings is 1. The van der Waals surface area contributed by atoms with Gasteiger partial charge in [0.25, 0.3) is 0 Å². The number of rotatable bonds is 0. The second kappa shape index (κ2) is 3.67. The van der Waals surface area contributed by atoms with Crippen molar-refractivity contribution in [3.8, 4) is 0 Å². The van der Waals surface area contributed by atoms with Gasteiger partial charge in [0.1, 0.15) is 0 Å². The monoisotopic (exact) mass is 270 g/mol. The minimum atomic E-state index is 1.27. The number of fused-ring (bicyclic) bond motifs is 8. The standard InChI is InChI=1S/C19H14N2/c1-20-12-10-15-16(20)9-8-14-18-7-4-11-21(18)17-6-3-2-5-13(17)19(14)15/h2-12H,1H3. The fraction of sp³-hybridized carbons (Fsp3) is 0.0526. The molecule has 0 aliphatic heterocycles. The number of benzene rings is 2. The first kappa shape index (κ1) is 11.0. The molecule has 0 aliphatic rings. The number of aryl methyl sites for hydroxylation is 1. The van der Waals surface area contributed by atoms with Crippen LogP contribution in [0.25, 0.3) is 38.1 Å². The van der Waals surface area contributed by atoms with Gasteiger partial charge in [0.2, 0.25) is 0 Å². The van der Waals surface area contributed by atoms with E-state index in [0.29, 0.717) is 0 Å². The van der Waals surface area contributed by atoms with Crippen molar-refractivity contribution in [1.82, 2.24) is 8.97 Å². The molecule has 0 saturated heterocycles. The zero-order valence-electron chi connectivity index (χ0n) is 11.7. The Hall–Kier alpha value is -2.74. The van der Waals surface area contributed by atoms with Crippen molar-refractivity contribution < 1.29 is 0 Å². The van der Waals surface area contributed by atoms with Crippen LogP contribution < -0.4 is 0 Å². The molecule has 5 aromatic rings. The van der Waals surface area contributed by atoms with Gasteiger partial charge in [0.05, 0.1) is 11.0 Å². The number of hydrogen-bond acceptors (Lipinski definition) is 0. The van der Waals surface area contributed by atoms with E-state index in [1.54, 1.807) is 0 Å². The Morgan fingerprint density at radius 1 is 0.619 bits per heavy atom. The fourth-order valence-corrected chi connectivity index (χ4v) is 3.56. The fourth-order valence-electron chi connectivity index (χ4n) is 3.56. The van der Waals surface area contributed by atoms with E-state index in [9.17, 15) is 0 Å². The molecule has 0 aliphatic carbocycles. The summed E-state index contributed by atoms with van der Waals surface area (Å²) in [6.45, 7) is 0. The predicted octanol–water partition coefficient (Wildman–Crippen LogP) is 4.74. The Kier molecular flexibility index (Phi) is 1.92. The van der Waals surface area contributed by atoms with Crippen LogP contribution in [0, 0.1) is 0 Å². The molecule has 0 N–H and O–H groups in total. The Labute approximate surface area is 121 Å². The highest BCUT2D eigenvalue weighted by Gasteiger charge is 2.11. The summed E-state index contributed by atoms with van der Waals surface area (Å²) >= 11 is 0. The van der Waals surface area contributed by atoms with Crippen LogP contribution in [0.1, 0.15) is 0 Å². The first-order valence-electron chi connectivity index (χ1n) is 7.20. The van der Waals surface area contributed by atoms with Crippen molar-refractivity contribution in [3.63, 3.8) is 0 Å². The molecular weight excluding hydrogens is 256 g/mol. The molecule has 2 aromatic carbocycles. The molecular formula is C19H14N2. The van der Waals surface area contributed by atoms with E-state index in [0.717, 1.165) is 0 Å². The lowest BCUT2D eigenvalue weighted by molar-refractivity contribution is 0.969. The molecule has 5 rings (SSSR count). The lowest BCUT2D eigenvalue weighted by Crippen LogP contribution is -1.90. The highest BCUT2D eigenvalue weighted by atomic mass is 14.9. The summed E-state index contributed by atoms with van der Waals surface area (Å²) in [6, 6.07) is 19.7. The van der Waals surface area contributed by atoms with E-state index >= 15 is 0 Å². The molecule has 0 unspecified atom stereocenters. The summed E-state index contributed by atoms with van der Waals surface area (Å²) in [6.07, 6.45) is 4.29. The van der Waals surface area contributed by atoms with Gasteiger partial charge in [-0.15, -0.1) is 0 Å². The average Bonchev–Trinajstić information content (AvgIpc) is 3.14. The second-order valence-corrected chi connectivity index (χ2v) is 5.63. The molecule has 0 spiro atoms. The van der Waals surface area contributed by atoms with Crippen LogP contribution in [-0.2, 0) is 7.05 Å². The summed E-state index contributed by atoms with van der Waals surface area (Å²) in [5.74, 6) is 0. The molecule has 0 atom stereocenters. The van der Waals surface area contributed by atoms with Crippen molar-refractivity contribution in [2.45, 2.75) is 0 Å². The quantitative estimate of drug-likeness (QED) is 0.360. The molecule has 0 fully saturated rings. The third-order valence-electron chi connectivity index (χ3n) is 4.52. The van der Waals surface area contributed by atoms with Crippen molar-refractivity contribution >= 4 is 38.1 Å². The van der Waals surface area contributed by atoms with Crippen molar-refractivity contribution in [1.29, 1.82) is 0 Å². The van der Waals surface area contributed by atoms with Gasteiger partial charge in [-0.25, -0.2) is 0 Å². The van der Waals surface area contributed by atoms with E-state index < -0.39 is 0 Å². The summed E-state index contributed by atoms with van der Waals surface area (Å²) in [5.41, 5.74) is 3.82. The minimum absolute atomic E-state index is 1.27. The SMILES string of the molecule is Cn1ccc2c3c4ccccc4n4cccc4c3ccc21. The summed E-state index contributed by atoms with van der Waals surface area (Å²) in [5, 5.41) is 5.32. The minimum Gasteiger partial charge on any atom is -0.351 e. The van der Waals surface area contributed by atoms with E-state index in [4.69, 9.17) is 0 Å². The van der Waals surface area contributed by atoms with E-state index in [2.05, 4.69) is 83.0 Å². The first-order valence-corrected chi connectivity index (χ1v) is 7.20. The van der Waals surface area contributed by atoms with Crippen molar-refractivity contribution in [3.05, 3.63) is 67.0 Å². The van der Waals surface area contributed by atoms with Crippen molar-refractivity contribution in [2.75, 3.05) is 0 Å². The Balaban J connectivity index is 2.25. The Bertz CT molecular complexity index is 1140. The summed E-state index contributed by atoms with van der Waals surface area (Å²) in [4.78, 5) is 0. The average molecular weight is 270 g/mol. The molecule has 2 heteroatoms. The maximum atomic E-state index is 2.28. The predicted molar refractivity (Wildman–Crippen MR) is 88.9 cm³/mol. The van der Waals surface area contributed by atoms with Crippen LogP contribution in [0.4, 0.5) is 0 Å². The molecule has 100 valence electrons. The van der Waals surface area contributed by atoms with Crippen LogP contribution >= 0.6 is 0 Å². The largest absolute Gasteiger partial charge is 0.351 e. The first-order chi connectivity index (χ1) is 10.3. The Morgan fingerprint density at radius 3 is 2.24 bits per heavy atom. The van der Waals surface area contributed by atoms with Crippen LogP contribution in [0.3, 0.4) is 0 Å². The van der Waals surface area contributed by atoms with Gasteiger partial charge in [-0.1, -0.05) is 24.3 Å². The van der Waals surface area contributed by atoms with Gasteiger partial charge in [-0.3, -0.25) is 0 Å². The lowest BCUT2D eigenvalue weighted by Gasteiger charge is -2.10. The van der Waals surface area contributed by atoms with Crippen molar-refractivity contribution in [2.24, 2.45) is 7.05 Å². The van der Waals surface area contributed by atoms with Gasteiger partial charge in [-0.05, 0) is 30.3 Å². The molecule has 0 bridgehead atoms. The van der Waals surface area contributed by atoms with Crippen LogP contribution in [-0.4, -0.2) is 8.97 Å². The highest BCUT2D eigenvalue weighted by molar-refractivity contribution is 6.23. The smallest absolute Gasteiger partial charge is 0.0535 e. The van der Waals surface area contributed by atoms with E-state index in [1.165, 1.54) is 38.1 Å². The zero-order valence-corrected chi connectivity index (χ0v) is 11.7. The number of nitrogens with zero attached hydrogens (tertiary/aromatic N) is 2. The molecule has 0 saturated carbocycles. The lowest BCUT2D eigenvalue weighted by atomic mass is 10.0. The molecule has 3 heterocycles. The zero-order chi connectivity index (χ0) is 14.0. The van der Waals surface area contributed by atoms with Gasteiger partial charge in [0, 0.05) is 46.5 Å². The van der Waals surface area contributed by atoms with E-state index in [1.807, 2.05) is 0 Å². The van der Waals surface area contributed by atoms with Crippen LogP contribution in [0.15, 0.2) is 67.0 Å². The van der Waals surface area contributed by atoms with Crippen LogP contribution in [0.5, 0.6) is 0 Å². The number of para-hydroxylation sites is 1. The van der Waals surface area contributed by atoms with Gasteiger partial charge in [-0.2, -0.15) is 0 Å². The molecule has 21 heavy (non-hydrogen) atoms. The third-order valence-corrected chi connectivity index (χ3v) is 4.52. The topological polar surface area (TPSA) is 9.34 Å². The highest BCUT2D eigenvalue weighted by Crippen LogP contribution is 2.35. The maximum Gasteiger partial charge on any atom is 0.0535 e. The summed E-state index contributed by atoms with van der Waals surface area (Å²) in [7, 11) is 2.10. The van der Waals surface area contributed by atoms with Crippen LogP contribution in [0.2, 0.25) is 0 Å². The molecule has 0 radical (unpaired) electrons. The number of aromatic nitrogens is 2. The van der Waals surface area contributed by atoms with Gasteiger partial charge in [0.15, 0.2) is 0 Å². The van der Waals surface area contributed by atoms with Gasteiger partial charge < -0.3 is 8.97 Å². The third kappa shape index (κ3) is 1.27. The maximum absolute atomic E-state index is 2.28. The molecule has 2 nitrogen and oxygen atoms in total. The van der Waals surface area contributed by atoms with E-state index in [-0.39, 0.29) is 0 Å². The molecule has 3 aromatic heterocycles.